The van der Waals surface area contributed by atoms with E-state index in [0.29, 0.717) is 6.54 Å². The van der Waals surface area contributed by atoms with Crippen molar-refractivity contribution in [3.05, 3.63) is 59.7 Å². The maximum atomic E-state index is 12.6. The van der Waals surface area contributed by atoms with Gasteiger partial charge >= 0.3 is 0 Å². The van der Waals surface area contributed by atoms with E-state index in [0.717, 1.165) is 38.3 Å². The Bertz CT molecular complexity index is 768. The Hall–Kier alpha value is -2.53. The van der Waals surface area contributed by atoms with Gasteiger partial charge in [-0.05, 0) is 31.0 Å². The van der Waals surface area contributed by atoms with E-state index in [1.807, 2.05) is 12.1 Å². The van der Waals surface area contributed by atoms with Crippen molar-refractivity contribution in [2.45, 2.75) is 26.3 Å². The second-order valence-electron chi connectivity index (χ2n) is 7.40. The number of rotatable bonds is 7. The molecule has 0 unspecified atom stereocenters. The number of anilines is 1. The minimum atomic E-state index is 0.0752. The molecule has 0 aromatic heterocycles. The molecule has 150 valence electrons. The van der Waals surface area contributed by atoms with Crippen molar-refractivity contribution in [1.29, 1.82) is 0 Å². The van der Waals surface area contributed by atoms with E-state index in [2.05, 4.69) is 65.4 Å². The number of nitrogens with zero attached hydrogens (tertiary/aromatic N) is 2. The molecule has 1 N–H and O–H groups in total. The Kier molecular flexibility index (Phi) is 6.93. The maximum Gasteiger partial charge on any atom is 0.234 e. The van der Waals surface area contributed by atoms with E-state index in [9.17, 15) is 4.79 Å². The van der Waals surface area contributed by atoms with Crippen LogP contribution in [0.3, 0.4) is 0 Å². The van der Waals surface area contributed by atoms with Crippen molar-refractivity contribution in [2.24, 2.45) is 0 Å². The molecule has 2 aromatic rings. The molecule has 0 spiro atoms. The van der Waals surface area contributed by atoms with Gasteiger partial charge in [-0.2, -0.15) is 0 Å². The Balaban J connectivity index is 1.49. The van der Waals surface area contributed by atoms with Gasteiger partial charge in [0.05, 0.1) is 19.7 Å². The first-order valence-electron chi connectivity index (χ1n) is 10.1. The van der Waals surface area contributed by atoms with Crippen LogP contribution in [0.4, 0.5) is 5.69 Å². The number of hydrogen-bond donors (Lipinski definition) is 1. The number of amides is 1. The zero-order chi connectivity index (χ0) is 19.9. The quantitative estimate of drug-likeness (QED) is 0.798. The van der Waals surface area contributed by atoms with Crippen LogP contribution < -0.4 is 15.0 Å². The molecule has 0 radical (unpaired) electrons. The molecule has 0 aliphatic carbocycles. The summed E-state index contributed by atoms with van der Waals surface area (Å²) in [4.78, 5) is 17.1. The molecule has 28 heavy (non-hydrogen) atoms. The zero-order valence-electron chi connectivity index (χ0n) is 17.1. The van der Waals surface area contributed by atoms with Gasteiger partial charge in [-0.3, -0.25) is 9.69 Å². The fourth-order valence-electron chi connectivity index (χ4n) is 3.63. The fourth-order valence-corrected chi connectivity index (χ4v) is 3.63. The lowest BCUT2D eigenvalue weighted by Gasteiger charge is -2.36. The molecule has 5 heteroatoms. The summed E-state index contributed by atoms with van der Waals surface area (Å²) in [5.41, 5.74) is 3.58. The van der Waals surface area contributed by atoms with E-state index >= 15 is 0 Å². The van der Waals surface area contributed by atoms with Crippen LogP contribution in [0.2, 0.25) is 0 Å². The smallest absolute Gasteiger partial charge is 0.234 e. The first-order valence-corrected chi connectivity index (χ1v) is 10.1. The molecule has 0 bridgehead atoms. The molecular weight excluding hydrogens is 350 g/mol. The Morgan fingerprint density at radius 1 is 1.11 bits per heavy atom. The van der Waals surface area contributed by atoms with E-state index in [1.54, 1.807) is 7.11 Å². The van der Waals surface area contributed by atoms with Crippen molar-refractivity contribution in [3.63, 3.8) is 0 Å². The molecule has 5 nitrogen and oxygen atoms in total. The predicted octanol–water partition coefficient (Wildman–Crippen LogP) is 3.39. The number of carbonyl (C=O) groups is 1. The van der Waals surface area contributed by atoms with E-state index in [1.165, 1.54) is 16.8 Å². The fraction of sp³-hybridized carbons (Fsp3) is 0.435. The second kappa shape index (κ2) is 9.60. The number of methoxy groups -OCH3 is 1. The van der Waals surface area contributed by atoms with Gasteiger partial charge in [-0.15, -0.1) is 0 Å². The summed E-state index contributed by atoms with van der Waals surface area (Å²) in [5.74, 6) is 0.975. The van der Waals surface area contributed by atoms with Gasteiger partial charge in [-0.1, -0.05) is 42.8 Å². The number of piperazine rings is 1. The van der Waals surface area contributed by atoms with Gasteiger partial charge in [0.25, 0.3) is 0 Å². The van der Waals surface area contributed by atoms with Crippen LogP contribution in [0.5, 0.6) is 5.75 Å². The van der Waals surface area contributed by atoms with E-state index in [-0.39, 0.29) is 11.9 Å². The van der Waals surface area contributed by atoms with Crippen molar-refractivity contribution >= 4 is 11.6 Å². The van der Waals surface area contributed by atoms with Gasteiger partial charge < -0.3 is 15.0 Å². The molecule has 3 rings (SSSR count). The van der Waals surface area contributed by atoms with Gasteiger partial charge in [0.1, 0.15) is 5.75 Å². The zero-order valence-corrected chi connectivity index (χ0v) is 17.1. The molecule has 1 heterocycles. The summed E-state index contributed by atoms with van der Waals surface area (Å²) in [6.07, 6.45) is 0.887. The lowest BCUT2D eigenvalue weighted by Crippen LogP contribution is -2.49. The van der Waals surface area contributed by atoms with E-state index < -0.39 is 0 Å². The summed E-state index contributed by atoms with van der Waals surface area (Å²) < 4.78 is 5.32. The minimum Gasteiger partial charge on any atom is -0.497 e. The summed E-state index contributed by atoms with van der Waals surface area (Å²) in [7, 11) is 1.69. The first kappa shape index (κ1) is 20.2. The predicted molar refractivity (Wildman–Crippen MR) is 114 cm³/mol. The minimum absolute atomic E-state index is 0.0752. The number of nitrogens with one attached hydrogen (secondary N) is 1. The SMILES string of the molecule is CC[C@H](NC(=O)CN1CCN(c2cccc(OC)c2)CC1)c1ccc(C)cc1. The van der Waals surface area contributed by atoms with Crippen LogP contribution in [0.1, 0.15) is 30.5 Å². The molecule has 1 fully saturated rings. The number of aryl methyl sites for hydroxylation is 1. The molecule has 1 amide bonds. The molecule has 1 atom stereocenters. The Morgan fingerprint density at radius 2 is 1.82 bits per heavy atom. The van der Waals surface area contributed by atoms with Crippen LogP contribution >= 0.6 is 0 Å². The highest BCUT2D eigenvalue weighted by atomic mass is 16.5. The highest BCUT2D eigenvalue weighted by Gasteiger charge is 2.21. The van der Waals surface area contributed by atoms with Crippen LogP contribution in [0.25, 0.3) is 0 Å². The summed E-state index contributed by atoms with van der Waals surface area (Å²) >= 11 is 0. The van der Waals surface area contributed by atoms with Crippen LogP contribution in [0.15, 0.2) is 48.5 Å². The molecule has 1 saturated heterocycles. The number of hydrogen-bond acceptors (Lipinski definition) is 4. The van der Waals surface area contributed by atoms with Gasteiger partial charge in [-0.25, -0.2) is 0 Å². The van der Waals surface area contributed by atoms with Crippen molar-refractivity contribution in [1.82, 2.24) is 10.2 Å². The summed E-state index contributed by atoms with van der Waals surface area (Å²) in [6, 6.07) is 16.6. The van der Waals surface area contributed by atoms with Crippen molar-refractivity contribution in [2.75, 3.05) is 44.7 Å². The average Bonchev–Trinajstić information content (AvgIpc) is 2.73. The Morgan fingerprint density at radius 3 is 2.46 bits per heavy atom. The van der Waals surface area contributed by atoms with Crippen LogP contribution in [-0.4, -0.2) is 50.6 Å². The van der Waals surface area contributed by atoms with Crippen molar-refractivity contribution in [3.8, 4) is 5.75 Å². The lowest BCUT2D eigenvalue weighted by molar-refractivity contribution is -0.123. The largest absolute Gasteiger partial charge is 0.497 e. The molecule has 0 saturated carbocycles. The first-order chi connectivity index (χ1) is 13.6. The monoisotopic (exact) mass is 381 g/mol. The van der Waals surface area contributed by atoms with E-state index in [4.69, 9.17) is 4.74 Å². The summed E-state index contributed by atoms with van der Waals surface area (Å²) in [5, 5.41) is 3.20. The van der Waals surface area contributed by atoms with Gasteiger partial charge in [0.15, 0.2) is 0 Å². The highest BCUT2D eigenvalue weighted by Crippen LogP contribution is 2.22. The maximum absolute atomic E-state index is 12.6. The van der Waals surface area contributed by atoms with Crippen LogP contribution in [0, 0.1) is 6.92 Å². The standard InChI is InChI=1S/C23H31N3O2/c1-4-22(19-10-8-18(2)9-11-19)24-23(27)17-25-12-14-26(15-13-25)20-6-5-7-21(16-20)28-3/h5-11,16,22H,4,12-15,17H2,1-3H3,(H,24,27)/t22-/m0/s1. The van der Waals surface area contributed by atoms with Crippen LogP contribution in [-0.2, 0) is 4.79 Å². The number of benzene rings is 2. The normalized spacial score (nSPS) is 15.9. The molecule has 1 aliphatic heterocycles. The van der Waals surface area contributed by atoms with Gasteiger partial charge in [0, 0.05) is 37.9 Å². The Labute approximate surface area is 168 Å². The number of ether oxygens (including phenoxy) is 1. The van der Waals surface area contributed by atoms with Gasteiger partial charge in [0.2, 0.25) is 5.91 Å². The third-order valence-electron chi connectivity index (χ3n) is 5.38. The topological polar surface area (TPSA) is 44.8 Å². The second-order valence-corrected chi connectivity index (χ2v) is 7.40. The lowest BCUT2D eigenvalue weighted by atomic mass is 10.0. The highest BCUT2D eigenvalue weighted by molar-refractivity contribution is 5.78. The third kappa shape index (κ3) is 5.26. The number of carbonyl (C=O) groups excluding carboxylic acids is 1. The molecule has 2 aromatic carbocycles. The molecular formula is C23H31N3O2. The third-order valence-corrected chi connectivity index (χ3v) is 5.38. The van der Waals surface area contributed by atoms with Crippen molar-refractivity contribution < 1.29 is 9.53 Å². The summed E-state index contributed by atoms with van der Waals surface area (Å²) in [6.45, 7) is 8.23. The average molecular weight is 382 g/mol. The molecule has 1 aliphatic rings.